The molecule has 4 unspecified atom stereocenters. The van der Waals surface area contributed by atoms with E-state index in [4.69, 9.17) is 11.6 Å². The van der Waals surface area contributed by atoms with Gasteiger partial charge in [-0.1, -0.05) is 23.8 Å². The molecule has 122 valence electrons. The SMILES string of the molecule is Cc1c(Cl)ccc2c1ncn2CC=CC1C(O)CCCC2[NH2+]C21. The van der Waals surface area contributed by atoms with Gasteiger partial charge in [0.25, 0.3) is 0 Å². The van der Waals surface area contributed by atoms with E-state index in [0.29, 0.717) is 6.04 Å². The number of fused-ring (bicyclic) bond motifs is 2. The molecule has 0 amide bonds. The number of nitrogens with zero attached hydrogens (tertiary/aromatic N) is 2. The fourth-order valence-electron chi connectivity index (χ4n) is 3.91. The van der Waals surface area contributed by atoms with Crippen LogP contribution in [0.25, 0.3) is 11.0 Å². The molecule has 2 aromatic rings. The van der Waals surface area contributed by atoms with Crippen molar-refractivity contribution < 1.29 is 10.4 Å². The van der Waals surface area contributed by atoms with Crippen molar-refractivity contribution in [3.05, 3.63) is 41.2 Å². The molecular formula is C18H23ClN3O+. The molecule has 1 aliphatic carbocycles. The zero-order chi connectivity index (χ0) is 16.0. The number of aryl methyl sites for hydroxylation is 1. The second-order valence-electron chi connectivity index (χ2n) is 6.87. The lowest BCUT2D eigenvalue weighted by atomic mass is 9.96. The summed E-state index contributed by atoms with van der Waals surface area (Å²) in [6.45, 7) is 2.78. The van der Waals surface area contributed by atoms with Crippen LogP contribution in [0.3, 0.4) is 0 Å². The summed E-state index contributed by atoms with van der Waals surface area (Å²) in [4.78, 5) is 4.49. The predicted molar refractivity (Wildman–Crippen MR) is 91.5 cm³/mol. The molecule has 1 aromatic carbocycles. The number of halogens is 1. The first kappa shape index (κ1) is 15.2. The molecule has 4 rings (SSSR count). The number of benzene rings is 1. The molecule has 4 atom stereocenters. The highest BCUT2D eigenvalue weighted by atomic mass is 35.5. The number of imidazole rings is 1. The van der Waals surface area contributed by atoms with Gasteiger partial charge in [-0.05, 0) is 37.5 Å². The van der Waals surface area contributed by atoms with E-state index in [0.717, 1.165) is 47.0 Å². The first-order valence-corrected chi connectivity index (χ1v) is 8.82. The van der Waals surface area contributed by atoms with Crippen LogP contribution in [0.15, 0.2) is 30.6 Å². The van der Waals surface area contributed by atoms with Crippen molar-refractivity contribution in [3.63, 3.8) is 0 Å². The van der Waals surface area contributed by atoms with Gasteiger partial charge in [-0.15, -0.1) is 0 Å². The van der Waals surface area contributed by atoms with Gasteiger partial charge in [0, 0.05) is 18.0 Å². The standard InChI is InChI=1S/C18H22ClN3O/c1-11-13(19)7-8-15-17(11)20-10-22(15)9-3-4-12-16(23)6-2-5-14-18(12)21-14/h3-4,7-8,10,12,14,16,18,21,23H,2,5-6,9H2,1H3/p+1. The van der Waals surface area contributed by atoms with E-state index < -0.39 is 0 Å². The Morgan fingerprint density at radius 3 is 3.17 bits per heavy atom. The summed E-state index contributed by atoms with van der Waals surface area (Å²) in [7, 11) is 0. The number of aliphatic hydroxyl groups excluding tert-OH is 1. The fourth-order valence-corrected chi connectivity index (χ4v) is 4.07. The average molecular weight is 333 g/mol. The normalized spacial score (nSPS) is 30.6. The predicted octanol–water partition coefficient (Wildman–Crippen LogP) is 2.03. The van der Waals surface area contributed by atoms with Gasteiger partial charge in [-0.3, -0.25) is 0 Å². The minimum atomic E-state index is -0.194. The molecule has 2 heterocycles. The minimum Gasteiger partial charge on any atom is -0.392 e. The summed E-state index contributed by atoms with van der Waals surface area (Å²) < 4.78 is 2.13. The number of quaternary nitrogens is 1. The second-order valence-corrected chi connectivity index (χ2v) is 7.28. The summed E-state index contributed by atoms with van der Waals surface area (Å²) in [6, 6.07) is 5.28. The van der Waals surface area contributed by atoms with Gasteiger partial charge in [0.15, 0.2) is 0 Å². The number of aromatic nitrogens is 2. The van der Waals surface area contributed by atoms with Gasteiger partial charge in [0.1, 0.15) is 12.1 Å². The molecular weight excluding hydrogens is 310 g/mol. The lowest BCUT2D eigenvalue weighted by molar-refractivity contribution is -0.522. The van der Waals surface area contributed by atoms with Gasteiger partial charge in [-0.25, -0.2) is 4.98 Å². The number of allylic oxidation sites excluding steroid dienone is 1. The van der Waals surface area contributed by atoms with Gasteiger partial charge in [0.05, 0.1) is 29.4 Å². The van der Waals surface area contributed by atoms with Gasteiger partial charge >= 0.3 is 0 Å². The third kappa shape index (κ3) is 2.80. The topological polar surface area (TPSA) is 54.7 Å². The Bertz CT molecular complexity index is 752. The second kappa shape index (κ2) is 5.93. The smallest absolute Gasteiger partial charge is 0.147 e. The maximum Gasteiger partial charge on any atom is 0.147 e. The fraction of sp³-hybridized carbons (Fsp3) is 0.500. The molecule has 2 aliphatic rings. The number of hydrogen-bond acceptors (Lipinski definition) is 2. The molecule has 4 nitrogen and oxygen atoms in total. The molecule has 3 N–H and O–H groups in total. The Kier molecular flexibility index (Phi) is 3.92. The van der Waals surface area contributed by atoms with E-state index in [1.165, 1.54) is 6.42 Å². The largest absolute Gasteiger partial charge is 0.392 e. The van der Waals surface area contributed by atoms with Gasteiger partial charge < -0.3 is 15.0 Å². The van der Waals surface area contributed by atoms with E-state index in [9.17, 15) is 5.11 Å². The Labute approximate surface area is 141 Å². The maximum atomic E-state index is 10.3. The third-order valence-electron chi connectivity index (χ3n) is 5.39. The summed E-state index contributed by atoms with van der Waals surface area (Å²) in [5, 5.41) is 13.5. The van der Waals surface area contributed by atoms with E-state index in [1.807, 2.05) is 25.4 Å². The van der Waals surface area contributed by atoms with Gasteiger partial charge in [0.2, 0.25) is 0 Å². The Balaban J connectivity index is 1.51. The zero-order valence-electron chi connectivity index (χ0n) is 13.3. The van der Waals surface area contributed by atoms with Crippen LogP contribution in [0.2, 0.25) is 5.02 Å². The van der Waals surface area contributed by atoms with Crippen LogP contribution in [-0.4, -0.2) is 32.8 Å². The lowest BCUT2D eigenvalue weighted by Crippen LogP contribution is -2.64. The first-order chi connectivity index (χ1) is 11.1. The van der Waals surface area contributed by atoms with Crippen molar-refractivity contribution in [2.24, 2.45) is 5.92 Å². The molecule has 1 aliphatic heterocycles. The van der Waals surface area contributed by atoms with Crippen LogP contribution in [0.1, 0.15) is 24.8 Å². The highest BCUT2D eigenvalue weighted by Crippen LogP contribution is 2.28. The Morgan fingerprint density at radius 1 is 1.43 bits per heavy atom. The van der Waals surface area contributed by atoms with Crippen molar-refractivity contribution in [2.75, 3.05) is 0 Å². The zero-order valence-corrected chi connectivity index (χ0v) is 14.1. The van der Waals surface area contributed by atoms with E-state index >= 15 is 0 Å². The maximum absolute atomic E-state index is 10.3. The van der Waals surface area contributed by atoms with Crippen molar-refractivity contribution in [1.29, 1.82) is 0 Å². The van der Waals surface area contributed by atoms with Gasteiger partial charge in [-0.2, -0.15) is 0 Å². The quantitative estimate of drug-likeness (QED) is 0.667. The Morgan fingerprint density at radius 2 is 2.30 bits per heavy atom. The highest BCUT2D eigenvalue weighted by molar-refractivity contribution is 6.32. The van der Waals surface area contributed by atoms with E-state index in [1.54, 1.807) is 0 Å². The molecule has 2 fully saturated rings. The van der Waals surface area contributed by atoms with Crippen molar-refractivity contribution in [3.8, 4) is 0 Å². The number of hydrogen-bond donors (Lipinski definition) is 2. The average Bonchev–Trinajstić information content (AvgIpc) is 3.19. The molecule has 23 heavy (non-hydrogen) atoms. The van der Waals surface area contributed by atoms with Crippen LogP contribution in [0.4, 0.5) is 0 Å². The summed E-state index contributed by atoms with van der Waals surface area (Å²) in [5.74, 6) is 0.286. The highest BCUT2D eigenvalue weighted by Gasteiger charge is 2.51. The summed E-state index contributed by atoms with van der Waals surface area (Å²) in [6.07, 6.45) is 9.39. The molecule has 0 bridgehead atoms. The summed E-state index contributed by atoms with van der Waals surface area (Å²) >= 11 is 6.16. The van der Waals surface area contributed by atoms with Crippen LogP contribution >= 0.6 is 11.6 Å². The van der Waals surface area contributed by atoms with E-state index in [2.05, 4.69) is 27.0 Å². The number of aliphatic hydroxyl groups is 1. The van der Waals surface area contributed by atoms with Crippen LogP contribution in [-0.2, 0) is 6.54 Å². The van der Waals surface area contributed by atoms with Crippen molar-refractivity contribution in [2.45, 2.75) is 50.9 Å². The monoisotopic (exact) mass is 332 g/mol. The van der Waals surface area contributed by atoms with E-state index in [-0.39, 0.29) is 12.0 Å². The van der Waals surface area contributed by atoms with Crippen LogP contribution in [0.5, 0.6) is 0 Å². The molecule has 1 saturated heterocycles. The molecule has 1 aromatic heterocycles. The summed E-state index contributed by atoms with van der Waals surface area (Å²) in [5.41, 5.74) is 3.10. The Hall–Kier alpha value is -1.36. The number of rotatable bonds is 3. The van der Waals surface area contributed by atoms with Crippen molar-refractivity contribution in [1.82, 2.24) is 9.55 Å². The number of nitrogens with two attached hydrogens (primary N) is 1. The van der Waals surface area contributed by atoms with Crippen LogP contribution < -0.4 is 5.32 Å². The molecule has 5 heteroatoms. The minimum absolute atomic E-state index is 0.194. The molecule has 1 saturated carbocycles. The first-order valence-electron chi connectivity index (χ1n) is 8.45. The molecule has 0 radical (unpaired) electrons. The lowest BCUT2D eigenvalue weighted by Gasteiger charge is -2.14. The van der Waals surface area contributed by atoms with Crippen LogP contribution in [0, 0.1) is 12.8 Å². The van der Waals surface area contributed by atoms with Crippen molar-refractivity contribution >= 4 is 22.6 Å². The third-order valence-corrected chi connectivity index (χ3v) is 5.80. The molecule has 0 spiro atoms.